The third kappa shape index (κ3) is 10.2. The Bertz CT molecular complexity index is 825. The largest absolute Gasteiger partial charge is 0.447 e. The number of nitrogens with two attached hydrogens (primary N) is 1. The standard InChI is InChI=1S/C30H52N2O4Si/c1-7-8-9-14-19-25(31)20-15-11-16-21-27(36-37(5,6)30(2,3)4)28(33)32-26(23-35-29(32)34)22-24-17-12-10-13-18-24/h10,12-13,17-18,25-27H,7-9,11,14-16,19-23,31H2,1-6H3/t25-,26-,27-/m1/s1. The summed E-state index contributed by atoms with van der Waals surface area (Å²) in [6.45, 7) is 13.3. The maximum absolute atomic E-state index is 13.8. The quantitative estimate of drug-likeness (QED) is 0.180. The van der Waals surface area contributed by atoms with Crippen LogP contribution in [0.2, 0.25) is 18.1 Å². The first-order chi connectivity index (χ1) is 17.5. The second-order valence-electron chi connectivity index (χ2n) is 12.2. The van der Waals surface area contributed by atoms with Gasteiger partial charge in [0.05, 0.1) is 6.04 Å². The van der Waals surface area contributed by atoms with Gasteiger partial charge in [0.1, 0.15) is 12.7 Å². The maximum Gasteiger partial charge on any atom is 0.417 e. The molecule has 0 spiro atoms. The molecular formula is C30H52N2O4Si. The molecule has 1 aliphatic rings. The lowest BCUT2D eigenvalue weighted by molar-refractivity contribution is -0.137. The van der Waals surface area contributed by atoms with Gasteiger partial charge in [0.25, 0.3) is 5.91 Å². The van der Waals surface area contributed by atoms with Crippen molar-refractivity contribution in [1.82, 2.24) is 4.90 Å². The second kappa shape index (κ2) is 15.0. The Labute approximate surface area is 226 Å². The van der Waals surface area contributed by atoms with Crippen LogP contribution in [0, 0.1) is 0 Å². The first-order valence-electron chi connectivity index (χ1n) is 14.4. The maximum atomic E-state index is 13.8. The minimum absolute atomic E-state index is 0.0367. The molecule has 1 saturated heterocycles. The highest BCUT2D eigenvalue weighted by atomic mass is 28.4. The highest BCUT2D eigenvalue weighted by Crippen LogP contribution is 2.38. The van der Waals surface area contributed by atoms with Gasteiger partial charge in [-0.15, -0.1) is 0 Å². The first kappa shape index (κ1) is 31.5. The zero-order chi connectivity index (χ0) is 27.5. The van der Waals surface area contributed by atoms with Crippen LogP contribution >= 0.6 is 0 Å². The Morgan fingerprint density at radius 1 is 1.05 bits per heavy atom. The zero-order valence-corrected chi connectivity index (χ0v) is 25.3. The van der Waals surface area contributed by atoms with E-state index in [1.807, 2.05) is 30.3 Å². The Balaban J connectivity index is 2.00. The third-order valence-corrected chi connectivity index (χ3v) is 12.5. The summed E-state index contributed by atoms with van der Waals surface area (Å²) in [6.07, 6.45) is 10.1. The molecule has 6 nitrogen and oxygen atoms in total. The molecule has 37 heavy (non-hydrogen) atoms. The number of carbonyl (C=O) groups excluding carboxylic acids is 2. The molecule has 7 heteroatoms. The summed E-state index contributed by atoms with van der Waals surface area (Å²) >= 11 is 0. The van der Waals surface area contributed by atoms with Crippen molar-refractivity contribution in [2.45, 2.75) is 135 Å². The summed E-state index contributed by atoms with van der Waals surface area (Å²) in [7, 11) is -2.23. The Hall–Kier alpha value is -1.70. The fraction of sp³-hybridized carbons (Fsp3) is 0.733. The van der Waals surface area contributed by atoms with E-state index in [9.17, 15) is 9.59 Å². The van der Waals surface area contributed by atoms with E-state index in [4.69, 9.17) is 14.9 Å². The molecule has 0 bridgehead atoms. The van der Waals surface area contributed by atoms with Gasteiger partial charge < -0.3 is 14.9 Å². The third-order valence-electron chi connectivity index (χ3n) is 8.00. The van der Waals surface area contributed by atoms with Gasteiger partial charge in [-0.2, -0.15) is 0 Å². The number of rotatable bonds is 16. The molecule has 210 valence electrons. The van der Waals surface area contributed by atoms with Gasteiger partial charge in [-0.3, -0.25) is 4.79 Å². The first-order valence-corrected chi connectivity index (χ1v) is 17.3. The van der Waals surface area contributed by atoms with Gasteiger partial charge in [-0.05, 0) is 49.4 Å². The fourth-order valence-corrected chi connectivity index (χ4v) is 5.86. The number of hydrogen-bond donors (Lipinski definition) is 1. The van der Waals surface area contributed by atoms with Crippen molar-refractivity contribution in [2.24, 2.45) is 5.73 Å². The van der Waals surface area contributed by atoms with Gasteiger partial charge in [0.15, 0.2) is 8.32 Å². The molecule has 0 saturated carbocycles. The Morgan fingerprint density at radius 3 is 2.24 bits per heavy atom. The summed E-state index contributed by atoms with van der Waals surface area (Å²) in [4.78, 5) is 27.8. The summed E-state index contributed by atoms with van der Waals surface area (Å²) in [6, 6.07) is 9.90. The second-order valence-corrected chi connectivity index (χ2v) is 17.0. The molecule has 0 unspecified atom stereocenters. The van der Waals surface area contributed by atoms with Crippen LogP contribution in [-0.4, -0.2) is 50.0 Å². The summed E-state index contributed by atoms with van der Waals surface area (Å²) in [5.41, 5.74) is 7.40. The van der Waals surface area contributed by atoms with Gasteiger partial charge in [0.2, 0.25) is 0 Å². The Morgan fingerprint density at radius 2 is 1.65 bits per heavy atom. The number of amides is 2. The number of ether oxygens (including phenoxy) is 1. The number of cyclic esters (lactones) is 1. The lowest BCUT2D eigenvalue weighted by Crippen LogP contribution is -2.52. The number of benzene rings is 1. The van der Waals surface area contributed by atoms with Crippen LogP contribution in [0.1, 0.15) is 97.5 Å². The van der Waals surface area contributed by atoms with Gasteiger partial charge in [0, 0.05) is 6.04 Å². The highest BCUT2D eigenvalue weighted by Gasteiger charge is 2.45. The zero-order valence-electron chi connectivity index (χ0n) is 24.3. The van der Waals surface area contributed by atoms with Crippen LogP contribution in [0.5, 0.6) is 0 Å². The molecule has 0 aliphatic carbocycles. The van der Waals surface area contributed by atoms with Crippen LogP contribution < -0.4 is 5.73 Å². The molecule has 1 aromatic rings. The fourth-order valence-electron chi connectivity index (χ4n) is 4.58. The van der Waals surface area contributed by atoms with E-state index in [2.05, 4.69) is 40.8 Å². The average Bonchev–Trinajstić information content (AvgIpc) is 3.19. The molecular weight excluding hydrogens is 480 g/mol. The number of nitrogens with zero attached hydrogens (tertiary/aromatic N) is 1. The average molecular weight is 533 g/mol. The van der Waals surface area contributed by atoms with E-state index in [0.29, 0.717) is 12.8 Å². The molecule has 0 aromatic heterocycles. The molecule has 1 fully saturated rings. The van der Waals surface area contributed by atoms with Crippen molar-refractivity contribution in [3.8, 4) is 0 Å². The lowest BCUT2D eigenvalue weighted by atomic mass is 10.0. The minimum atomic E-state index is -2.23. The number of unbranched alkanes of at least 4 members (excludes halogenated alkanes) is 5. The van der Waals surface area contributed by atoms with E-state index in [0.717, 1.165) is 37.7 Å². The number of hydrogen-bond acceptors (Lipinski definition) is 5. The minimum Gasteiger partial charge on any atom is -0.447 e. The summed E-state index contributed by atoms with van der Waals surface area (Å²) in [5, 5.41) is -0.0367. The Kier molecular flexibility index (Phi) is 12.8. The number of carbonyl (C=O) groups is 2. The topological polar surface area (TPSA) is 81.9 Å². The van der Waals surface area contributed by atoms with Crippen LogP contribution in [0.4, 0.5) is 4.79 Å². The van der Waals surface area contributed by atoms with Crippen LogP contribution in [0.25, 0.3) is 0 Å². The monoisotopic (exact) mass is 532 g/mol. The van der Waals surface area contributed by atoms with Crippen LogP contribution in [0.15, 0.2) is 30.3 Å². The van der Waals surface area contributed by atoms with Crippen molar-refractivity contribution in [2.75, 3.05) is 6.61 Å². The molecule has 1 aromatic carbocycles. The van der Waals surface area contributed by atoms with Crippen molar-refractivity contribution in [3.63, 3.8) is 0 Å². The van der Waals surface area contributed by atoms with Crippen molar-refractivity contribution >= 4 is 20.3 Å². The summed E-state index contributed by atoms with van der Waals surface area (Å²) < 4.78 is 12.0. The molecule has 1 aliphatic heterocycles. The molecule has 3 atom stereocenters. The summed E-state index contributed by atoms with van der Waals surface area (Å²) in [5.74, 6) is -0.249. The predicted octanol–water partition coefficient (Wildman–Crippen LogP) is 7.22. The van der Waals surface area contributed by atoms with E-state index in [1.165, 1.54) is 30.6 Å². The van der Waals surface area contributed by atoms with Crippen molar-refractivity contribution in [3.05, 3.63) is 35.9 Å². The van der Waals surface area contributed by atoms with E-state index in [-0.39, 0.29) is 29.6 Å². The highest BCUT2D eigenvalue weighted by molar-refractivity contribution is 6.74. The SMILES string of the molecule is CCCCCC[C@@H](N)CCCCC[C@@H](O[Si](C)(C)C(C)(C)C)C(=O)N1C(=O)OC[C@H]1Cc1ccccc1. The molecule has 1 heterocycles. The smallest absolute Gasteiger partial charge is 0.417 e. The van der Waals surface area contributed by atoms with Gasteiger partial charge in [-0.1, -0.05) is 103 Å². The molecule has 2 amide bonds. The van der Waals surface area contributed by atoms with Crippen LogP contribution in [0.3, 0.4) is 0 Å². The van der Waals surface area contributed by atoms with Crippen molar-refractivity contribution < 1.29 is 18.8 Å². The van der Waals surface area contributed by atoms with E-state index in [1.54, 1.807) is 0 Å². The van der Waals surface area contributed by atoms with E-state index >= 15 is 0 Å². The molecule has 0 radical (unpaired) electrons. The van der Waals surface area contributed by atoms with Gasteiger partial charge in [-0.25, -0.2) is 9.69 Å². The predicted molar refractivity (Wildman–Crippen MR) is 154 cm³/mol. The van der Waals surface area contributed by atoms with E-state index < -0.39 is 20.5 Å². The van der Waals surface area contributed by atoms with Gasteiger partial charge >= 0.3 is 6.09 Å². The van der Waals surface area contributed by atoms with Crippen molar-refractivity contribution in [1.29, 1.82) is 0 Å². The number of imide groups is 1. The molecule has 2 N–H and O–H groups in total. The normalized spacial score (nSPS) is 18.1. The lowest BCUT2D eigenvalue weighted by Gasteiger charge is -2.39. The molecule has 2 rings (SSSR count). The van der Waals surface area contributed by atoms with Crippen LogP contribution in [-0.2, 0) is 20.4 Å².